The van der Waals surface area contributed by atoms with Gasteiger partial charge in [0, 0.05) is 31.5 Å². The summed E-state index contributed by atoms with van der Waals surface area (Å²) in [4.78, 5) is 17.8. The lowest BCUT2D eigenvalue weighted by Crippen LogP contribution is -2.22. The molecule has 3 rings (SSSR count). The summed E-state index contributed by atoms with van der Waals surface area (Å²) in [5, 5.41) is 1.76. The Labute approximate surface area is 146 Å². The van der Waals surface area contributed by atoms with E-state index in [-0.39, 0.29) is 5.91 Å². The number of amides is 1. The maximum atomic E-state index is 11.3. The topological polar surface area (TPSA) is 33.2 Å². The number of benzene rings is 2. The number of aryl methyl sites for hydroxylation is 1. The molecule has 0 N–H and O–H groups in total. The predicted octanol–water partition coefficient (Wildman–Crippen LogP) is 4.84. The molecule has 0 spiro atoms. The monoisotopic (exact) mass is 338 g/mol. The molecule has 0 saturated carbocycles. The number of nitrogens with zero attached hydrogens (tertiary/aromatic N) is 2. The summed E-state index contributed by atoms with van der Waals surface area (Å²) in [6.07, 6.45) is 0. The van der Waals surface area contributed by atoms with Gasteiger partial charge in [0.25, 0.3) is 0 Å². The third-order valence-corrected chi connectivity index (χ3v) is 4.72. The molecule has 3 nitrogen and oxygen atoms in total. The number of aromatic nitrogens is 1. The number of carbonyl (C=O) groups excluding carboxylic acids is 1. The fraction of sp³-hybridized carbons (Fsp3) is 0.200. The number of fused-ring (bicyclic) bond motifs is 1. The normalized spacial score (nSPS) is 10.8. The van der Waals surface area contributed by atoms with Gasteiger partial charge < -0.3 is 4.90 Å². The summed E-state index contributed by atoms with van der Waals surface area (Å²) in [6, 6.07) is 16.0. The molecule has 1 heterocycles. The molecule has 0 fully saturated rings. The molecule has 0 saturated heterocycles. The van der Waals surface area contributed by atoms with Crippen LogP contribution in [0.2, 0.25) is 5.02 Å². The van der Waals surface area contributed by atoms with E-state index in [1.54, 1.807) is 18.9 Å². The Kier molecular flexibility index (Phi) is 4.54. The molecular formula is C20H19ClN2O. The van der Waals surface area contributed by atoms with Crippen molar-refractivity contribution in [2.45, 2.75) is 20.4 Å². The first-order chi connectivity index (χ1) is 11.5. The van der Waals surface area contributed by atoms with E-state index < -0.39 is 0 Å². The van der Waals surface area contributed by atoms with Crippen molar-refractivity contribution in [3.63, 3.8) is 0 Å². The molecule has 0 unspecified atom stereocenters. The lowest BCUT2D eigenvalue weighted by molar-refractivity contribution is -0.128. The Morgan fingerprint density at radius 2 is 1.79 bits per heavy atom. The van der Waals surface area contributed by atoms with Gasteiger partial charge in [0.1, 0.15) is 0 Å². The minimum Gasteiger partial charge on any atom is -0.342 e. The lowest BCUT2D eigenvalue weighted by Gasteiger charge is -2.15. The van der Waals surface area contributed by atoms with Gasteiger partial charge in [-0.25, -0.2) is 4.98 Å². The molecular weight excluding hydrogens is 320 g/mol. The quantitative estimate of drug-likeness (QED) is 0.684. The van der Waals surface area contributed by atoms with Crippen molar-refractivity contribution in [3.8, 4) is 11.3 Å². The van der Waals surface area contributed by atoms with Gasteiger partial charge in [-0.05, 0) is 24.1 Å². The van der Waals surface area contributed by atoms with Gasteiger partial charge in [-0.1, -0.05) is 54.1 Å². The highest BCUT2D eigenvalue weighted by Gasteiger charge is 2.12. The molecule has 1 aromatic heterocycles. The van der Waals surface area contributed by atoms with E-state index in [1.807, 2.05) is 55.5 Å². The van der Waals surface area contributed by atoms with Crippen LogP contribution in [0, 0.1) is 6.92 Å². The zero-order valence-electron chi connectivity index (χ0n) is 14.0. The van der Waals surface area contributed by atoms with Gasteiger partial charge in [0.05, 0.1) is 16.2 Å². The molecule has 3 aromatic rings. The number of carbonyl (C=O) groups is 1. The maximum absolute atomic E-state index is 11.3. The van der Waals surface area contributed by atoms with Gasteiger partial charge in [-0.15, -0.1) is 0 Å². The van der Waals surface area contributed by atoms with Crippen LogP contribution in [0.4, 0.5) is 0 Å². The van der Waals surface area contributed by atoms with Crippen LogP contribution >= 0.6 is 11.6 Å². The third-order valence-electron chi connectivity index (χ3n) is 4.26. The van der Waals surface area contributed by atoms with Crippen LogP contribution in [0.25, 0.3) is 22.2 Å². The number of hydrogen-bond acceptors (Lipinski definition) is 2. The maximum Gasteiger partial charge on any atom is 0.219 e. The average Bonchev–Trinajstić information content (AvgIpc) is 2.59. The molecule has 2 aromatic carbocycles. The first kappa shape index (κ1) is 16.5. The highest BCUT2D eigenvalue weighted by molar-refractivity contribution is 6.34. The van der Waals surface area contributed by atoms with Gasteiger partial charge in [0.2, 0.25) is 5.91 Å². The van der Waals surface area contributed by atoms with Crippen molar-refractivity contribution < 1.29 is 4.79 Å². The van der Waals surface area contributed by atoms with Crippen LogP contribution in [0.1, 0.15) is 18.1 Å². The first-order valence-electron chi connectivity index (χ1n) is 7.83. The van der Waals surface area contributed by atoms with E-state index in [1.165, 1.54) is 0 Å². The smallest absolute Gasteiger partial charge is 0.219 e. The summed E-state index contributed by atoms with van der Waals surface area (Å²) >= 11 is 6.56. The second kappa shape index (κ2) is 6.62. The molecule has 0 aliphatic carbocycles. The van der Waals surface area contributed by atoms with Crippen LogP contribution < -0.4 is 0 Å². The summed E-state index contributed by atoms with van der Waals surface area (Å²) in [5.74, 6) is 0.0499. The third kappa shape index (κ3) is 3.13. The second-order valence-electron chi connectivity index (χ2n) is 5.99. The van der Waals surface area contributed by atoms with E-state index in [0.29, 0.717) is 11.6 Å². The van der Waals surface area contributed by atoms with Crippen molar-refractivity contribution in [1.29, 1.82) is 0 Å². The van der Waals surface area contributed by atoms with Crippen LogP contribution in [0.3, 0.4) is 0 Å². The number of hydrogen-bond donors (Lipinski definition) is 0. The summed E-state index contributed by atoms with van der Waals surface area (Å²) < 4.78 is 0. The molecule has 0 aliphatic heterocycles. The fourth-order valence-corrected chi connectivity index (χ4v) is 2.95. The van der Waals surface area contributed by atoms with E-state index in [2.05, 4.69) is 0 Å². The Morgan fingerprint density at radius 3 is 2.46 bits per heavy atom. The van der Waals surface area contributed by atoms with Crippen molar-refractivity contribution in [2.75, 3.05) is 7.05 Å². The fourth-order valence-electron chi connectivity index (χ4n) is 2.70. The van der Waals surface area contributed by atoms with E-state index in [9.17, 15) is 4.79 Å². The van der Waals surface area contributed by atoms with Crippen molar-refractivity contribution in [3.05, 3.63) is 64.7 Å². The van der Waals surface area contributed by atoms with Crippen molar-refractivity contribution in [2.24, 2.45) is 0 Å². The summed E-state index contributed by atoms with van der Waals surface area (Å²) in [6.45, 7) is 4.18. The standard InChI is InChI=1S/C20H19ClN2O/c1-13-17-6-4-5-7-18(17)22-20(19(13)21)16-10-8-15(9-11-16)12-23(3)14(2)24/h4-11H,12H2,1-3H3. The molecule has 4 heteroatoms. The summed E-state index contributed by atoms with van der Waals surface area (Å²) in [7, 11) is 1.79. The Morgan fingerprint density at radius 1 is 1.12 bits per heavy atom. The summed E-state index contributed by atoms with van der Waals surface area (Å²) in [5.41, 5.74) is 4.82. The molecule has 122 valence electrons. The van der Waals surface area contributed by atoms with Crippen LogP contribution in [0.5, 0.6) is 0 Å². The lowest BCUT2D eigenvalue weighted by atomic mass is 10.0. The number of pyridine rings is 1. The van der Waals surface area contributed by atoms with Crippen molar-refractivity contribution >= 4 is 28.4 Å². The predicted molar refractivity (Wildman–Crippen MR) is 99.1 cm³/mol. The Hall–Kier alpha value is -2.39. The largest absolute Gasteiger partial charge is 0.342 e. The van der Waals surface area contributed by atoms with Gasteiger partial charge in [0.15, 0.2) is 0 Å². The Balaban J connectivity index is 1.99. The highest BCUT2D eigenvalue weighted by Crippen LogP contribution is 2.33. The van der Waals surface area contributed by atoms with Gasteiger partial charge in [-0.3, -0.25) is 4.79 Å². The minimum atomic E-state index is 0.0499. The number of para-hydroxylation sites is 1. The zero-order chi connectivity index (χ0) is 17.3. The van der Waals surface area contributed by atoms with E-state index in [4.69, 9.17) is 16.6 Å². The van der Waals surface area contributed by atoms with Crippen LogP contribution in [-0.4, -0.2) is 22.8 Å². The van der Waals surface area contributed by atoms with Crippen LogP contribution in [0.15, 0.2) is 48.5 Å². The molecule has 0 aliphatic rings. The average molecular weight is 339 g/mol. The van der Waals surface area contributed by atoms with Gasteiger partial charge >= 0.3 is 0 Å². The van der Waals surface area contributed by atoms with Crippen molar-refractivity contribution in [1.82, 2.24) is 9.88 Å². The zero-order valence-corrected chi connectivity index (χ0v) is 14.8. The Bertz CT molecular complexity index is 903. The molecule has 0 bridgehead atoms. The van der Waals surface area contributed by atoms with Crippen LogP contribution in [-0.2, 0) is 11.3 Å². The SMILES string of the molecule is CC(=O)N(C)Cc1ccc(-c2nc3ccccc3c(C)c2Cl)cc1. The second-order valence-corrected chi connectivity index (χ2v) is 6.37. The van der Waals surface area contributed by atoms with E-state index >= 15 is 0 Å². The molecule has 0 radical (unpaired) electrons. The number of halogens is 1. The first-order valence-corrected chi connectivity index (χ1v) is 8.21. The van der Waals surface area contributed by atoms with Gasteiger partial charge in [-0.2, -0.15) is 0 Å². The molecule has 1 amide bonds. The molecule has 0 atom stereocenters. The highest BCUT2D eigenvalue weighted by atomic mass is 35.5. The molecule has 24 heavy (non-hydrogen) atoms. The minimum absolute atomic E-state index is 0.0499. The van der Waals surface area contributed by atoms with E-state index in [0.717, 1.165) is 33.3 Å². The number of rotatable bonds is 3.